The van der Waals surface area contributed by atoms with Crippen molar-refractivity contribution in [1.29, 1.82) is 0 Å². The van der Waals surface area contributed by atoms with Crippen molar-refractivity contribution in [3.63, 3.8) is 0 Å². The maximum Gasteiger partial charge on any atom is 0.305 e. The lowest BCUT2D eigenvalue weighted by molar-refractivity contribution is -0.139. The van der Waals surface area contributed by atoms with Crippen LogP contribution < -0.4 is 21.7 Å². The minimum absolute atomic E-state index is 0.330. The molecule has 5 heterocycles. The zero-order valence-electron chi connectivity index (χ0n) is 17.1. The summed E-state index contributed by atoms with van der Waals surface area (Å²) in [5.41, 5.74) is 8.39. The molecule has 1 aromatic rings. The average molecular weight is 427 g/mol. The van der Waals surface area contributed by atoms with E-state index in [1.165, 1.54) is 0 Å². The van der Waals surface area contributed by atoms with Gasteiger partial charge in [0.05, 0.1) is 35.3 Å². The SMILES string of the molecule is N[C@@H](CC(=O)O)C(=O)C12C=C3C=CC(=N3)C=c3ccc([nH]3)=CC3=NC(=CC(=CC1)N2)C=C3. The van der Waals surface area contributed by atoms with Crippen molar-refractivity contribution in [2.24, 2.45) is 15.7 Å². The first-order valence-corrected chi connectivity index (χ1v) is 10.3. The molecule has 0 aliphatic carbocycles. The van der Waals surface area contributed by atoms with Crippen molar-refractivity contribution >= 4 is 35.3 Å². The number of ketones is 1. The van der Waals surface area contributed by atoms with Gasteiger partial charge < -0.3 is 21.1 Å². The Hall–Kier alpha value is -4.04. The van der Waals surface area contributed by atoms with E-state index in [1.54, 1.807) is 6.08 Å². The molecular weight excluding hydrogens is 406 g/mol. The molecule has 4 aliphatic rings. The summed E-state index contributed by atoms with van der Waals surface area (Å²) in [6.45, 7) is 0. The van der Waals surface area contributed by atoms with Crippen molar-refractivity contribution in [3.05, 3.63) is 82.5 Å². The summed E-state index contributed by atoms with van der Waals surface area (Å²) in [4.78, 5) is 37.0. The number of allylic oxidation sites excluding steroid dienone is 5. The van der Waals surface area contributed by atoms with Gasteiger partial charge >= 0.3 is 5.97 Å². The van der Waals surface area contributed by atoms with Gasteiger partial charge in [0.2, 0.25) is 0 Å². The van der Waals surface area contributed by atoms with Crippen LogP contribution in [0.2, 0.25) is 0 Å². The molecule has 2 atom stereocenters. The van der Waals surface area contributed by atoms with Crippen molar-refractivity contribution in [2.75, 3.05) is 0 Å². The number of fused-ring (bicyclic) bond motifs is 6. The lowest BCUT2D eigenvalue weighted by Gasteiger charge is -2.29. The van der Waals surface area contributed by atoms with Gasteiger partial charge in [0, 0.05) is 22.8 Å². The molecule has 1 aromatic heterocycles. The number of aromatic amines is 1. The number of aliphatic carboxylic acids is 1. The molecule has 160 valence electrons. The van der Waals surface area contributed by atoms with Gasteiger partial charge in [-0.3, -0.25) is 9.59 Å². The molecule has 0 radical (unpaired) electrons. The van der Waals surface area contributed by atoms with Gasteiger partial charge in [-0.25, -0.2) is 9.98 Å². The number of aliphatic imine (C=N–C) groups is 2. The van der Waals surface area contributed by atoms with Crippen molar-refractivity contribution < 1.29 is 14.7 Å². The number of nitrogens with one attached hydrogen (secondary N) is 2. The third kappa shape index (κ3) is 3.83. The third-order valence-corrected chi connectivity index (χ3v) is 5.58. The topological polar surface area (TPSA) is 133 Å². The van der Waals surface area contributed by atoms with Crippen LogP contribution in [0.15, 0.2) is 81.7 Å². The minimum Gasteiger partial charge on any atom is -0.481 e. The Bertz CT molecular complexity index is 1370. The van der Waals surface area contributed by atoms with Crippen LogP contribution in [0.5, 0.6) is 0 Å². The highest BCUT2D eigenvalue weighted by Gasteiger charge is 2.42. The molecule has 4 aliphatic heterocycles. The lowest BCUT2D eigenvalue weighted by Crippen LogP contribution is -2.54. The van der Waals surface area contributed by atoms with Crippen LogP contribution in [0.1, 0.15) is 12.8 Å². The maximum absolute atomic E-state index is 13.3. The maximum atomic E-state index is 13.3. The predicted molar refractivity (Wildman–Crippen MR) is 122 cm³/mol. The van der Waals surface area contributed by atoms with Gasteiger partial charge in [-0.15, -0.1) is 0 Å². The van der Waals surface area contributed by atoms with E-state index < -0.39 is 29.8 Å². The van der Waals surface area contributed by atoms with Crippen LogP contribution in [-0.4, -0.2) is 44.8 Å². The van der Waals surface area contributed by atoms with E-state index in [-0.39, 0.29) is 0 Å². The minimum atomic E-state index is -1.18. The van der Waals surface area contributed by atoms with E-state index in [0.29, 0.717) is 12.1 Å². The normalized spacial score (nSPS) is 23.7. The van der Waals surface area contributed by atoms with Crippen LogP contribution in [-0.2, 0) is 9.59 Å². The van der Waals surface area contributed by atoms with Crippen LogP contribution in [0.25, 0.3) is 12.2 Å². The Balaban J connectivity index is 1.62. The highest BCUT2D eigenvalue weighted by Crippen LogP contribution is 2.30. The van der Waals surface area contributed by atoms with Crippen molar-refractivity contribution in [3.8, 4) is 0 Å². The fourth-order valence-corrected chi connectivity index (χ4v) is 4.10. The number of rotatable bonds is 4. The largest absolute Gasteiger partial charge is 0.481 e. The van der Waals surface area contributed by atoms with Gasteiger partial charge in [-0.2, -0.15) is 0 Å². The molecular formula is C24H21N5O3. The summed E-state index contributed by atoms with van der Waals surface area (Å²) in [6.07, 6.45) is 16.7. The Morgan fingerprint density at radius 3 is 2.38 bits per heavy atom. The predicted octanol–water partition coefficient (Wildman–Crippen LogP) is 0.366. The summed E-state index contributed by atoms with van der Waals surface area (Å²) in [6, 6.07) is 2.79. The lowest BCUT2D eigenvalue weighted by atomic mass is 9.86. The fourth-order valence-electron chi connectivity index (χ4n) is 4.10. The van der Waals surface area contributed by atoms with Crippen LogP contribution in [0.4, 0.5) is 0 Å². The van der Waals surface area contributed by atoms with Crippen molar-refractivity contribution in [2.45, 2.75) is 24.4 Å². The molecule has 32 heavy (non-hydrogen) atoms. The Morgan fingerprint density at radius 2 is 1.69 bits per heavy atom. The first kappa shape index (κ1) is 19.9. The van der Waals surface area contributed by atoms with E-state index >= 15 is 0 Å². The van der Waals surface area contributed by atoms with Gasteiger partial charge in [0.1, 0.15) is 5.54 Å². The molecule has 0 saturated carbocycles. The zero-order chi connectivity index (χ0) is 22.3. The molecule has 5 rings (SSSR count). The van der Waals surface area contributed by atoms with Crippen LogP contribution >= 0.6 is 0 Å². The van der Waals surface area contributed by atoms with E-state index in [9.17, 15) is 9.59 Å². The van der Waals surface area contributed by atoms with E-state index in [0.717, 1.165) is 33.5 Å². The molecule has 8 nitrogen and oxygen atoms in total. The molecule has 0 aromatic carbocycles. The molecule has 0 saturated heterocycles. The summed E-state index contributed by atoms with van der Waals surface area (Å²) < 4.78 is 0. The molecule has 8 bridgehead atoms. The molecule has 0 amide bonds. The molecule has 0 spiro atoms. The Labute approximate surface area is 183 Å². The summed E-state index contributed by atoms with van der Waals surface area (Å²) >= 11 is 0. The van der Waals surface area contributed by atoms with Crippen LogP contribution in [0, 0.1) is 0 Å². The number of nitrogens with two attached hydrogens (primary N) is 1. The highest BCUT2D eigenvalue weighted by atomic mass is 16.4. The standard InChI is InChI=1S/C24H21N5O3/c25-21(12-22(30)31)23(32)24-8-7-19(29-24)11-18-4-3-15(27-18)9-14-1-2-16(26-14)10-17-5-6-20(13-24)28-17/h1-7,9-11,13,21,26,29H,8,12,25H2,(H,30,31)/t21-,24?/m0/s1. The third-order valence-electron chi connectivity index (χ3n) is 5.58. The quantitative estimate of drug-likeness (QED) is 0.551. The second-order valence-corrected chi connectivity index (χ2v) is 8.06. The van der Waals surface area contributed by atoms with Crippen molar-refractivity contribution in [1.82, 2.24) is 10.3 Å². The van der Waals surface area contributed by atoms with Crippen LogP contribution in [0.3, 0.4) is 0 Å². The Kier molecular flexibility index (Phi) is 4.71. The second kappa shape index (κ2) is 7.58. The number of carboxylic acids is 1. The summed E-state index contributed by atoms with van der Waals surface area (Å²) in [7, 11) is 0. The fraction of sp³-hybridized carbons (Fsp3) is 0.167. The average Bonchev–Trinajstić information content (AvgIpc) is 3.52. The number of hydrogen-bond acceptors (Lipinski definition) is 6. The zero-order valence-corrected chi connectivity index (χ0v) is 17.1. The number of carbonyl (C=O) groups excluding carboxylic acids is 1. The molecule has 5 N–H and O–H groups in total. The Morgan fingerprint density at radius 1 is 1.03 bits per heavy atom. The smallest absolute Gasteiger partial charge is 0.305 e. The number of Topliss-reactive ketones (excluding diaryl/α,β-unsaturated/α-hetero) is 1. The van der Waals surface area contributed by atoms with E-state index in [1.807, 2.05) is 60.7 Å². The monoisotopic (exact) mass is 427 g/mol. The molecule has 0 fully saturated rings. The number of hydrogen-bond donors (Lipinski definition) is 4. The first-order chi connectivity index (χ1) is 15.4. The van der Waals surface area contributed by atoms with Gasteiger partial charge in [0.15, 0.2) is 5.78 Å². The van der Waals surface area contributed by atoms with Gasteiger partial charge in [-0.1, -0.05) is 6.08 Å². The number of H-pyrrole nitrogens is 1. The second-order valence-electron chi connectivity index (χ2n) is 8.06. The molecule has 1 unspecified atom stereocenters. The number of carbonyl (C=O) groups is 2. The first-order valence-electron chi connectivity index (χ1n) is 10.3. The number of aromatic nitrogens is 1. The highest BCUT2D eigenvalue weighted by molar-refractivity contribution is 6.20. The van der Waals surface area contributed by atoms with E-state index in [4.69, 9.17) is 10.8 Å². The molecule has 8 heteroatoms. The number of nitrogens with zero attached hydrogens (tertiary/aromatic N) is 2. The number of carboxylic acid groups (broad SMARTS) is 1. The summed E-state index contributed by atoms with van der Waals surface area (Å²) in [5.74, 6) is -1.51. The van der Waals surface area contributed by atoms with E-state index in [2.05, 4.69) is 20.3 Å². The summed E-state index contributed by atoms with van der Waals surface area (Å²) in [5, 5.41) is 14.2. The van der Waals surface area contributed by atoms with Gasteiger partial charge in [-0.05, 0) is 60.7 Å². The van der Waals surface area contributed by atoms with Gasteiger partial charge in [0.25, 0.3) is 0 Å².